The third-order valence-electron chi connectivity index (χ3n) is 4.07. The van der Waals surface area contributed by atoms with Crippen LogP contribution in [0.2, 0.25) is 0 Å². The van der Waals surface area contributed by atoms with Crippen LogP contribution in [-0.4, -0.2) is 54.1 Å². The van der Waals surface area contributed by atoms with Crippen LogP contribution in [0.5, 0.6) is 0 Å². The van der Waals surface area contributed by atoms with E-state index < -0.39 is 0 Å². The van der Waals surface area contributed by atoms with Crippen LogP contribution in [0.4, 0.5) is 10.3 Å². The summed E-state index contributed by atoms with van der Waals surface area (Å²) in [6.45, 7) is 3.81. The number of nitrogens with one attached hydrogen (secondary N) is 1. The highest BCUT2D eigenvalue weighted by Gasteiger charge is 2.21. The number of hydrogen-bond donors (Lipinski definition) is 1. The molecular weight excluding hydrogens is 514 g/mol. The van der Waals surface area contributed by atoms with Crippen molar-refractivity contribution in [2.24, 2.45) is 4.99 Å². The van der Waals surface area contributed by atoms with Crippen molar-refractivity contribution < 1.29 is 4.39 Å². The van der Waals surface area contributed by atoms with E-state index in [1.165, 1.54) is 12.1 Å². The molecule has 6 nitrogen and oxygen atoms in total. The van der Waals surface area contributed by atoms with Crippen molar-refractivity contribution in [1.29, 1.82) is 0 Å². The van der Waals surface area contributed by atoms with E-state index in [0.29, 0.717) is 6.54 Å². The molecule has 2 aromatic rings. The molecule has 0 bridgehead atoms. The first-order valence-corrected chi connectivity index (χ1v) is 8.88. The van der Waals surface area contributed by atoms with Gasteiger partial charge in [-0.1, -0.05) is 15.9 Å². The Hall–Kier alpha value is -1.49. The fourth-order valence-corrected chi connectivity index (χ4v) is 3.14. The summed E-state index contributed by atoms with van der Waals surface area (Å²) in [5, 5.41) is 3.31. The molecule has 1 fully saturated rings. The number of hydrogen-bond acceptors (Lipinski definition) is 4. The second-order valence-electron chi connectivity index (χ2n) is 5.66. The Bertz CT molecular complexity index is 737. The lowest BCUT2D eigenvalue weighted by atomic mass is 10.2. The molecule has 1 saturated heterocycles. The maximum absolute atomic E-state index is 13.4. The van der Waals surface area contributed by atoms with Crippen molar-refractivity contribution in [2.45, 2.75) is 6.54 Å². The number of rotatable bonds is 3. The highest BCUT2D eigenvalue weighted by molar-refractivity contribution is 14.0. The molecule has 1 aliphatic heterocycles. The molecule has 0 radical (unpaired) electrons. The lowest BCUT2D eigenvalue weighted by Crippen LogP contribution is -2.52. The summed E-state index contributed by atoms with van der Waals surface area (Å²) >= 11 is 3.45. The number of piperazine rings is 1. The molecular formula is C17H21BrFIN6. The van der Waals surface area contributed by atoms with Crippen LogP contribution in [0, 0.1) is 5.82 Å². The molecule has 1 N–H and O–H groups in total. The molecule has 9 heteroatoms. The first-order chi connectivity index (χ1) is 12.2. The van der Waals surface area contributed by atoms with Gasteiger partial charge in [0.2, 0.25) is 5.95 Å². The molecule has 3 rings (SSSR count). The smallest absolute Gasteiger partial charge is 0.225 e. The van der Waals surface area contributed by atoms with Gasteiger partial charge in [-0.25, -0.2) is 14.4 Å². The molecule has 2 heterocycles. The van der Waals surface area contributed by atoms with Gasteiger partial charge < -0.3 is 15.1 Å². The monoisotopic (exact) mass is 534 g/mol. The Kier molecular flexibility index (Phi) is 8.01. The second-order valence-corrected chi connectivity index (χ2v) is 6.51. The first kappa shape index (κ1) is 20.8. The molecule has 0 spiro atoms. The van der Waals surface area contributed by atoms with Crippen LogP contribution < -0.4 is 10.2 Å². The lowest BCUT2D eigenvalue weighted by molar-refractivity contribution is 0.370. The van der Waals surface area contributed by atoms with E-state index in [9.17, 15) is 4.39 Å². The van der Waals surface area contributed by atoms with Gasteiger partial charge in [0.05, 0.1) is 0 Å². The van der Waals surface area contributed by atoms with Crippen LogP contribution in [0.3, 0.4) is 0 Å². The van der Waals surface area contributed by atoms with E-state index in [1.54, 1.807) is 25.5 Å². The van der Waals surface area contributed by atoms with Crippen molar-refractivity contribution in [2.75, 3.05) is 38.1 Å². The molecule has 26 heavy (non-hydrogen) atoms. The van der Waals surface area contributed by atoms with Crippen LogP contribution >= 0.6 is 39.9 Å². The second kappa shape index (κ2) is 10.0. The van der Waals surface area contributed by atoms with Gasteiger partial charge in [0.25, 0.3) is 0 Å². The minimum absolute atomic E-state index is 0. The number of anilines is 1. The number of aliphatic imine (C=N–C) groups is 1. The molecule has 0 saturated carbocycles. The third kappa shape index (κ3) is 5.26. The molecule has 1 aliphatic rings. The average molecular weight is 535 g/mol. The number of aromatic nitrogens is 2. The summed E-state index contributed by atoms with van der Waals surface area (Å²) < 4.78 is 14.3. The minimum atomic E-state index is -0.244. The Morgan fingerprint density at radius 1 is 1.23 bits per heavy atom. The Labute approximate surface area is 178 Å². The molecule has 140 valence electrons. The Morgan fingerprint density at radius 2 is 1.92 bits per heavy atom. The van der Waals surface area contributed by atoms with Crippen molar-refractivity contribution >= 4 is 51.8 Å². The molecule has 0 unspecified atom stereocenters. The van der Waals surface area contributed by atoms with Crippen LogP contribution in [-0.2, 0) is 6.54 Å². The zero-order chi connectivity index (χ0) is 17.6. The van der Waals surface area contributed by atoms with E-state index in [0.717, 1.165) is 48.1 Å². The van der Waals surface area contributed by atoms with Crippen molar-refractivity contribution in [1.82, 2.24) is 20.2 Å². The fourth-order valence-electron chi connectivity index (χ4n) is 2.76. The predicted octanol–water partition coefficient (Wildman–Crippen LogP) is 2.89. The van der Waals surface area contributed by atoms with Crippen molar-refractivity contribution in [3.8, 4) is 0 Å². The van der Waals surface area contributed by atoms with Gasteiger partial charge in [-0.05, 0) is 29.8 Å². The summed E-state index contributed by atoms with van der Waals surface area (Å²) in [5.74, 6) is 1.32. The zero-order valence-electron chi connectivity index (χ0n) is 14.4. The standard InChI is InChI=1S/C17H20BrFN6.HI/c1-20-16(23-12-13-11-14(19)3-4-15(13)18)24-7-9-25(10-8-24)17-21-5-2-6-22-17;/h2-6,11H,7-10,12H2,1H3,(H,20,23);1H. The van der Waals surface area contributed by atoms with Crippen LogP contribution in [0.25, 0.3) is 0 Å². The summed E-state index contributed by atoms with van der Waals surface area (Å²) in [7, 11) is 1.76. The normalized spacial score (nSPS) is 14.8. The summed E-state index contributed by atoms with van der Waals surface area (Å²) in [4.78, 5) is 17.3. The topological polar surface area (TPSA) is 56.7 Å². The van der Waals surface area contributed by atoms with E-state index in [-0.39, 0.29) is 29.8 Å². The summed E-state index contributed by atoms with van der Waals surface area (Å²) in [5.41, 5.74) is 0.859. The third-order valence-corrected chi connectivity index (χ3v) is 4.84. The maximum Gasteiger partial charge on any atom is 0.225 e. The molecule has 0 aliphatic carbocycles. The van der Waals surface area contributed by atoms with Gasteiger partial charge in [0.15, 0.2) is 5.96 Å². The summed E-state index contributed by atoms with van der Waals surface area (Å²) in [6, 6.07) is 6.49. The number of nitrogens with zero attached hydrogens (tertiary/aromatic N) is 5. The van der Waals surface area contributed by atoms with Crippen LogP contribution in [0.1, 0.15) is 5.56 Å². The average Bonchev–Trinajstić information content (AvgIpc) is 2.66. The SMILES string of the molecule is CN=C(NCc1cc(F)ccc1Br)N1CCN(c2ncccn2)CC1.I. The number of guanidine groups is 1. The zero-order valence-corrected chi connectivity index (χ0v) is 18.3. The first-order valence-electron chi connectivity index (χ1n) is 8.09. The highest BCUT2D eigenvalue weighted by Crippen LogP contribution is 2.18. The molecule has 1 aromatic heterocycles. The van der Waals surface area contributed by atoms with Crippen molar-refractivity contribution in [3.05, 3.63) is 52.5 Å². The largest absolute Gasteiger partial charge is 0.352 e. The molecule has 0 amide bonds. The van der Waals surface area contributed by atoms with Crippen molar-refractivity contribution in [3.63, 3.8) is 0 Å². The van der Waals surface area contributed by atoms with E-state index >= 15 is 0 Å². The molecule has 1 aromatic carbocycles. The highest BCUT2D eigenvalue weighted by atomic mass is 127. The number of benzene rings is 1. The van der Waals surface area contributed by atoms with E-state index in [1.807, 2.05) is 6.07 Å². The number of halogens is 3. The van der Waals surface area contributed by atoms with Gasteiger partial charge in [0.1, 0.15) is 5.82 Å². The minimum Gasteiger partial charge on any atom is -0.352 e. The van der Waals surface area contributed by atoms with Gasteiger partial charge >= 0.3 is 0 Å². The van der Waals surface area contributed by atoms with Gasteiger partial charge in [0, 0.05) is 56.6 Å². The lowest BCUT2D eigenvalue weighted by Gasteiger charge is -2.36. The Morgan fingerprint density at radius 3 is 2.58 bits per heavy atom. The molecule has 0 atom stereocenters. The van der Waals surface area contributed by atoms with Gasteiger partial charge in [-0.3, -0.25) is 4.99 Å². The maximum atomic E-state index is 13.4. The van der Waals surface area contributed by atoms with Crippen LogP contribution in [0.15, 0.2) is 46.1 Å². The predicted molar refractivity (Wildman–Crippen MR) is 116 cm³/mol. The summed E-state index contributed by atoms with van der Waals surface area (Å²) in [6.07, 6.45) is 3.51. The quantitative estimate of drug-likeness (QED) is 0.373. The van der Waals surface area contributed by atoms with Gasteiger partial charge in [-0.15, -0.1) is 24.0 Å². The Balaban J connectivity index is 0.00000243. The van der Waals surface area contributed by atoms with E-state index in [2.05, 4.69) is 46.0 Å². The fraction of sp³-hybridized carbons (Fsp3) is 0.353. The van der Waals surface area contributed by atoms with E-state index in [4.69, 9.17) is 0 Å². The van der Waals surface area contributed by atoms with Gasteiger partial charge in [-0.2, -0.15) is 0 Å².